The van der Waals surface area contributed by atoms with E-state index in [1.165, 1.54) is 0 Å². The summed E-state index contributed by atoms with van der Waals surface area (Å²) in [6, 6.07) is 0. The third kappa shape index (κ3) is 2.92. The van der Waals surface area contributed by atoms with E-state index in [1.807, 2.05) is 20.8 Å². The second-order valence-corrected chi connectivity index (χ2v) is 4.65. The number of ether oxygens (including phenoxy) is 1. The zero-order valence-electron chi connectivity index (χ0n) is 9.88. The summed E-state index contributed by atoms with van der Waals surface area (Å²) in [6.45, 7) is 7.23. The standard InChI is InChI=1S/C11H22N2O2/c1-8(4-6-12)10(14)13-11(3)5-7-15-9(11)2/h8-9H,4-7,12H2,1-3H3,(H,13,14). The van der Waals surface area contributed by atoms with Crippen molar-refractivity contribution in [3.8, 4) is 0 Å². The Kier molecular flexibility index (Phi) is 4.11. The van der Waals surface area contributed by atoms with Crippen molar-refractivity contribution in [3.05, 3.63) is 0 Å². The lowest BCUT2D eigenvalue weighted by molar-refractivity contribution is -0.127. The summed E-state index contributed by atoms with van der Waals surface area (Å²) in [6.07, 6.45) is 1.71. The normalized spacial score (nSPS) is 32.7. The highest BCUT2D eigenvalue weighted by Crippen LogP contribution is 2.25. The molecule has 0 bridgehead atoms. The summed E-state index contributed by atoms with van der Waals surface area (Å²) in [4.78, 5) is 11.8. The second-order valence-electron chi connectivity index (χ2n) is 4.65. The maximum atomic E-state index is 11.8. The van der Waals surface area contributed by atoms with Crippen molar-refractivity contribution in [1.29, 1.82) is 0 Å². The van der Waals surface area contributed by atoms with Crippen LogP contribution in [0, 0.1) is 5.92 Å². The Morgan fingerprint density at radius 3 is 2.87 bits per heavy atom. The first kappa shape index (κ1) is 12.5. The topological polar surface area (TPSA) is 64.4 Å². The first-order chi connectivity index (χ1) is 6.99. The summed E-state index contributed by atoms with van der Waals surface area (Å²) in [7, 11) is 0. The van der Waals surface area contributed by atoms with E-state index < -0.39 is 0 Å². The van der Waals surface area contributed by atoms with Crippen LogP contribution in [0.1, 0.15) is 33.6 Å². The predicted molar refractivity (Wildman–Crippen MR) is 59.4 cm³/mol. The molecular formula is C11H22N2O2. The van der Waals surface area contributed by atoms with E-state index in [1.54, 1.807) is 0 Å². The maximum Gasteiger partial charge on any atom is 0.223 e. The summed E-state index contributed by atoms with van der Waals surface area (Å²) < 4.78 is 5.47. The molecule has 1 aliphatic rings. The van der Waals surface area contributed by atoms with Crippen molar-refractivity contribution in [2.75, 3.05) is 13.2 Å². The first-order valence-electron chi connectivity index (χ1n) is 5.63. The van der Waals surface area contributed by atoms with Gasteiger partial charge in [-0.05, 0) is 33.2 Å². The van der Waals surface area contributed by atoms with Crippen LogP contribution in [0.15, 0.2) is 0 Å². The summed E-state index contributed by atoms with van der Waals surface area (Å²) >= 11 is 0. The lowest BCUT2D eigenvalue weighted by atomic mass is 9.93. The number of nitrogens with two attached hydrogens (primary N) is 1. The van der Waals surface area contributed by atoms with Crippen molar-refractivity contribution in [1.82, 2.24) is 5.32 Å². The number of carbonyl (C=O) groups is 1. The molecule has 4 nitrogen and oxygen atoms in total. The van der Waals surface area contributed by atoms with Crippen molar-refractivity contribution < 1.29 is 9.53 Å². The molecule has 0 spiro atoms. The molecule has 3 atom stereocenters. The molecule has 1 aliphatic heterocycles. The number of carbonyl (C=O) groups excluding carboxylic acids is 1. The third-order valence-corrected chi connectivity index (χ3v) is 3.34. The molecule has 1 saturated heterocycles. The van der Waals surface area contributed by atoms with Gasteiger partial charge in [0.05, 0.1) is 11.6 Å². The molecule has 0 saturated carbocycles. The van der Waals surface area contributed by atoms with Gasteiger partial charge in [-0.1, -0.05) is 6.92 Å². The fraction of sp³-hybridized carbons (Fsp3) is 0.909. The lowest BCUT2D eigenvalue weighted by Crippen LogP contribution is -2.52. The summed E-state index contributed by atoms with van der Waals surface area (Å²) in [5.41, 5.74) is 5.22. The van der Waals surface area contributed by atoms with E-state index in [2.05, 4.69) is 5.32 Å². The van der Waals surface area contributed by atoms with Crippen LogP contribution in [0.2, 0.25) is 0 Å². The number of amides is 1. The fourth-order valence-electron chi connectivity index (χ4n) is 1.78. The average molecular weight is 214 g/mol. The molecule has 0 aliphatic carbocycles. The minimum atomic E-state index is -0.208. The van der Waals surface area contributed by atoms with Gasteiger partial charge < -0.3 is 15.8 Å². The Hall–Kier alpha value is -0.610. The van der Waals surface area contributed by atoms with Gasteiger partial charge in [-0.25, -0.2) is 0 Å². The van der Waals surface area contributed by atoms with E-state index in [9.17, 15) is 4.79 Å². The number of rotatable bonds is 4. The van der Waals surface area contributed by atoms with E-state index in [0.29, 0.717) is 6.54 Å². The minimum absolute atomic E-state index is 0.0142. The lowest BCUT2D eigenvalue weighted by Gasteiger charge is -2.30. The average Bonchev–Trinajstić information content (AvgIpc) is 2.47. The monoisotopic (exact) mass is 214 g/mol. The molecule has 1 rings (SSSR count). The molecule has 88 valence electrons. The molecule has 15 heavy (non-hydrogen) atoms. The Morgan fingerprint density at radius 2 is 2.40 bits per heavy atom. The van der Waals surface area contributed by atoms with Crippen LogP contribution < -0.4 is 11.1 Å². The van der Waals surface area contributed by atoms with Gasteiger partial charge in [0.15, 0.2) is 0 Å². The van der Waals surface area contributed by atoms with Crippen LogP contribution in [-0.2, 0) is 9.53 Å². The van der Waals surface area contributed by atoms with Crippen molar-refractivity contribution in [2.45, 2.75) is 45.3 Å². The van der Waals surface area contributed by atoms with Gasteiger partial charge in [0.1, 0.15) is 0 Å². The van der Waals surface area contributed by atoms with Gasteiger partial charge in [-0.2, -0.15) is 0 Å². The smallest absolute Gasteiger partial charge is 0.223 e. The number of nitrogens with one attached hydrogen (secondary N) is 1. The maximum absolute atomic E-state index is 11.8. The molecule has 0 aromatic rings. The largest absolute Gasteiger partial charge is 0.376 e. The van der Waals surface area contributed by atoms with Crippen molar-refractivity contribution in [2.24, 2.45) is 11.7 Å². The molecule has 0 radical (unpaired) electrons. The second kappa shape index (κ2) is 4.94. The van der Waals surface area contributed by atoms with Gasteiger partial charge >= 0.3 is 0 Å². The van der Waals surface area contributed by atoms with Gasteiger partial charge in [0.2, 0.25) is 5.91 Å². The highest BCUT2D eigenvalue weighted by Gasteiger charge is 2.38. The molecular weight excluding hydrogens is 192 g/mol. The fourth-order valence-corrected chi connectivity index (χ4v) is 1.78. The summed E-state index contributed by atoms with van der Waals surface area (Å²) in [5.74, 6) is 0.0694. The minimum Gasteiger partial charge on any atom is -0.376 e. The summed E-state index contributed by atoms with van der Waals surface area (Å²) in [5, 5.41) is 3.07. The van der Waals surface area contributed by atoms with Crippen LogP contribution in [-0.4, -0.2) is 30.7 Å². The Labute approximate surface area is 91.5 Å². The highest BCUT2D eigenvalue weighted by atomic mass is 16.5. The van der Waals surface area contributed by atoms with Crippen LogP contribution in [0.3, 0.4) is 0 Å². The molecule has 1 fully saturated rings. The zero-order chi connectivity index (χ0) is 11.5. The molecule has 1 amide bonds. The quantitative estimate of drug-likeness (QED) is 0.722. The van der Waals surface area contributed by atoms with Crippen molar-refractivity contribution in [3.63, 3.8) is 0 Å². The Morgan fingerprint density at radius 1 is 1.73 bits per heavy atom. The molecule has 3 N–H and O–H groups in total. The highest BCUT2D eigenvalue weighted by molar-refractivity contribution is 5.79. The van der Waals surface area contributed by atoms with Crippen LogP contribution in [0.5, 0.6) is 0 Å². The first-order valence-corrected chi connectivity index (χ1v) is 5.63. The van der Waals surface area contributed by atoms with E-state index in [4.69, 9.17) is 10.5 Å². The predicted octanol–water partition coefficient (Wildman–Crippen LogP) is 0.655. The Bertz CT molecular complexity index is 233. The Balaban J connectivity index is 2.49. The third-order valence-electron chi connectivity index (χ3n) is 3.34. The van der Waals surface area contributed by atoms with Crippen molar-refractivity contribution >= 4 is 5.91 Å². The molecule has 0 aromatic carbocycles. The van der Waals surface area contributed by atoms with Gasteiger partial charge in [-0.3, -0.25) is 4.79 Å². The van der Waals surface area contributed by atoms with Gasteiger partial charge in [0, 0.05) is 12.5 Å². The number of hydrogen-bond donors (Lipinski definition) is 2. The van der Waals surface area contributed by atoms with Crippen LogP contribution in [0.4, 0.5) is 0 Å². The van der Waals surface area contributed by atoms with Gasteiger partial charge in [-0.15, -0.1) is 0 Å². The SMILES string of the molecule is CC(CCN)C(=O)NC1(C)CCOC1C. The number of hydrogen-bond acceptors (Lipinski definition) is 3. The molecule has 1 heterocycles. The zero-order valence-corrected chi connectivity index (χ0v) is 9.88. The van der Waals surface area contributed by atoms with Gasteiger partial charge in [0.25, 0.3) is 0 Å². The van der Waals surface area contributed by atoms with Crippen LogP contribution >= 0.6 is 0 Å². The molecule has 0 aromatic heterocycles. The van der Waals surface area contributed by atoms with Crippen LogP contribution in [0.25, 0.3) is 0 Å². The molecule has 3 unspecified atom stereocenters. The molecule has 4 heteroatoms. The van der Waals surface area contributed by atoms with E-state index in [0.717, 1.165) is 19.4 Å². The van der Waals surface area contributed by atoms with E-state index in [-0.39, 0.29) is 23.5 Å². The van der Waals surface area contributed by atoms with E-state index >= 15 is 0 Å².